The number of hydrogen-bond donors (Lipinski definition) is 3. The Labute approximate surface area is 160 Å². The number of nitrogens with zero attached hydrogens (tertiary/aromatic N) is 3. The number of para-hydroxylation sites is 1. The lowest BCUT2D eigenvalue weighted by Gasteiger charge is -2.08. The van der Waals surface area contributed by atoms with Crippen LogP contribution in [-0.2, 0) is 17.6 Å². The Bertz CT molecular complexity index is 1220. The molecule has 0 aliphatic rings. The Morgan fingerprint density at radius 3 is 2.89 bits per heavy atom. The second-order valence-corrected chi connectivity index (χ2v) is 6.58. The summed E-state index contributed by atoms with van der Waals surface area (Å²) in [6.07, 6.45) is 2.68. The zero-order valence-corrected chi connectivity index (χ0v) is 15.6. The fourth-order valence-corrected chi connectivity index (χ4v) is 3.16. The molecule has 0 spiro atoms. The third kappa shape index (κ3) is 3.44. The van der Waals surface area contributed by atoms with Crippen molar-refractivity contribution in [3.05, 3.63) is 69.9 Å². The molecule has 1 amide bonds. The third-order valence-corrected chi connectivity index (χ3v) is 4.47. The molecule has 0 atom stereocenters. The van der Waals surface area contributed by atoms with Gasteiger partial charge in [0.25, 0.3) is 5.56 Å². The molecular formula is C20H20N6O2. The summed E-state index contributed by atoms with van der Waals surface area (Å²) in [5.74, 6) is 0.554. The van der Waals surface area contributed by atoms with Crippen molar-refractivity contribution in [3.8, 4) is 5.95 Å². The monoisotopic (exact) mass is 376 g/mol. The van der Waals surface area contributed by atoms with E-state index in [1.165, 1.54) is 10.7 Å². The lowest BCUT2D eigenvalue weighted by molar-refractivity contribution is -0.115. The summed E-state index contributed by atoms with van der Waals surface area (Å²) in [6.45, 7) is 3.73. The van der Waals surface area contributed by atoms with Crippen molar-refractivity contribution in [1.29, 1.82) is 0 Å². The van der Waals surface area contributed by atoms with Crippen LogP contribution in [0.15, 0.2) is 47.4 Å². The predicted octanol–water partition coefficient (Wildman–Crippen LogP) is 2.49. The molecule has 28 heavy (non-hydrogen) atoms. The van der Waals surface area contributed by atoms with E-state index in [9.17, 15) is 9.59 Å². The van der Waals surface area contributed by atoms with Gasteiger partial charge in [0.05, 0.1) is 12.1 Å². The summed E-state index contributed by atoms with van der Waals surface area (Å²) < 4.78 is 1.45. The molecule has 4 rings (SSSR count). The van der Waals surface area contributed by atoms with Gasteiger partial charge in [-0.3, -0.25) is 14.6 Å². The number of aromatic nitrogens is 5. The van der Waals surface area contributed by atoms with Crippen LogP contribution in [0.2, 0.25) is 0 Å². The molecule has 3 heterocycles. The summed E-state index contributed by atoms with van der Waals surface area (Å²) >= 11 is 0. The molecule has 0 fully saturated rings. The summed E-state index contributed by atoms with van der Waals surface area (Å²) in [7, 11) is 0. The van der Waals surface area contributed by atoms with Gasteiger partial charge in [0.15, 0.2) is 0 Å². The molecule has 0 aliphatic heterocycles. The highest BCUT2D eigenvalue weighted by Gasteiger charge is 2.15. The van der Waals surface area contributed by atoms with Crippen LogP contribution in [-0.4, -0.2) is 30.6 Å². The number of carbonyl (C=O) groups is 1. The maximum atomic E-state index is 12.6. The van der Waals surface area contributed by atoms with Crippen LogP contribution < -0.4 is 10.9 Å². The van der Waals surface area contributed by atoms with Gasteiger partial charge in [0.2, 0.25) is 11.9 Å². The van der Waals surface area contributed by atoms with Crippen molar-refractivity contribution in [2.24, 2.45) is 0 Å². The predicted molar refractivity (Wildman–Crippen MR) is 107 cm³/mol. The number of fused-ring (bicyclic) bond motifs is 1. The molecule has 3 N–H and O–H groups in total. The third-order valence-electron chi connectivity index (χ3n) is 4.47. The average molecular weight is 376 g/mol. The van der Waals surface area contributed by atoms with E-state index in [4.69, 9.17) is 0 Å². The van der Waals surface area contributed by atoms with Gasteiger partial charge in [0, 0.05) is 34.9 Å². The van der Waals surface area contributed by atoms with Gasteiger partial charge in [-0.2, -0.15) is 9.78 Å². The van der Waals surface area contributed by atoms with E-state index in [-0.39, 0.29) is 23.8 Å². The number of aryl methyl sites for hydroxylation is 2. The van der Waals surface area contributed by atoms with E-state index in [1.54, 1.807) is 6.07 Å². The van der Waals surface area contributed by atoms with Gasteiger partial charge < -0.3 is 10.3 Å². The second kappa shape index (κ2) is 7.15. The Balaban J connectivity index is 1.61. The first-order chi connectivity index (χ1) is 13.5. The molecular weight excluding hydrogens is 356 g/mol. The maximum Gasteiger partial charge on any atom is 0.252 e. The highest BCUT2D eigenvalue weighted by atomic mass is 16.1. The number of rotatable bonds is 5. The minimum absolute atomic E-state index is 0.181. The highest BCUT2D eigenvalue weighted by molar-refractivity contribution is 5.95. The molecule has 0 saturated carbocycles. The van der Waals surface area contributed by atoms with E-state index in [0.29, 0.717) is 23.6 Å². The fraction of sp³-hybridized carbons (Fsp3) is 0.200. The van der Waals surface area contributed by atoms with Crippen LogP contribution in [0.4, 0.5) is 5.82 Å². The first-order valence-corrected chi connectivity index (χ1v) is 9.05. The number of H-pyrrole nitrogens is 2. The van der Waals surface area contributed by atoms with Gasteiger partial charge in [-0.25, -0.2) is 4.98 Å². The maximum absolute atomic E-state index is 12.6. The standard InChI is InChI=1S/C20H20N6O2/c1-3-14-10-19(28)24-20(22-14)26-17(8-12(2)25-26)23-18(27)9-13-11-21-16-7-5-4-6-15(13)16/h4-8,10-11,21H,3,9H2,1-2H3,(H,23,27)(H,22,24,28). The number of aromatic amines is 2. The molecule has 0 bridgehead atoms. The van der Waals surface area contributed by atoms with Crippen LogP contribution in [0.1, 0.15) is 23.9 Å². The first-order valence-electron chi connectivity index (χ1n) is 9.05. The first kappa shape index (κ1) is 17.7. The van der Waals surface area contributed by atoms with Crippen LogP contribution in [0, 0.1) is 6.92 Å². The molecule has 8 nitrogen and oxygen atoms in total. The molecule has 8 heteroatoms. The normalized spacial score (nSPS) is 11.1. The van der Waals surface area contributed by atoms with Crippen LogP contribution in [0.3, 0.4) is 0 Å². The van der Waals surface area contributed by atoms with Gasteiger partial charge >= 0.3 is 0 Å². The number of amides is 1. The van der Waals surface area contributed by atoms with E-state index in [1.807, 2.05) is 44.3 Å². The summed E-state index contributed by atoms with van der Waals surface area (Å²) in [5.41, 5.74) is 3.00. The number of anilines is 1. The van der Waals surface area contributed by atoms with Crippen LogP contribution >= 0.6 is 0 Å². The lowest BCUT2D eigenvalue weighted by atomic mass is 10.1. The molecule has 0 aliphatic carbocycles. The van der Waals surface area contributed by atoms with Gasteiger partial charge in [-0.1, -0.05) is 25.1 Å². The van der Waals surface area contributed by atoms with Crippen molar-refractivity contribution in [2.45, 2.75) is 26.7 Å². The van der Waals surface area contributed by atoms with Crippen molar-refractivity contribution in [3.63, 3.8) is 0 Å². The summed E-state index contributed by atoms with van der Waals surface area (Å²) in [6, 6.07) is 11.0. The molecule has 1 aromatic carbocycles. The zero-order chi connectivity index (χ0) is 19.7. The van der Waals surface area contributed by atoms with Crippen molar-refractivity contribution < 1.29 is 4.79 Å². The van der Waals surface area contributed by atoms with Crippen molar-refractivity contribution in [2.75, 3.05) is 5.32 Å². The minimum Gasteiger partial charge on any atom is -0.361 e. The van der Waals surface area contributed by atoms with Gasteiger partial charge in [0.1, 0.15) is 5.82 Å². The smallest absolute Gasteiger partial charge is 0.252 e. The highest BCUT2D eigenvalue weighted by Crippen LogP contribution is 2.19. The molecule has 142 valence electrons. The molecule has 4 aromatic rings. The number of benzene rings is 1. The molecule has 0 unspecified atom stereocenters. The van der Waals surface area contributed by atoms with Gasteiger partial charge in [-0.15, -0.1) is 0 Å². The Morgan fingerprint density at radius 2 is 2.07 bits per heavy atom. The zero-order valence-electron chi connectivity index (χ0n) is 15.6. The summed E-state index contributed by atoms with van der Waals surface area (Å²) in [4.78, 5) is 34.8. The fourth-order valence-electron chi connectivity index (χ4n) is 3.16. The molecule has 0 radical (unpaired) electrons. The molecule has 0 saturated heterocycles. The Hall–Kier alpha value is -3.68. The number of nitrogens with one attached hydrogen (secondary N) is 3. The number of hydrogen-bond acceptors (Lipinski definition) is 4. The van der Waals surface area contributed by atoms with E-state index in [2.05, 4.69) is 25.4 Å². The van der Waals surface area contributed by atoms with E-state index < -0.39 is 0 Å². The number of carbonyl (C=O) groups excluding carboxylic acids is 1. The summed E-state index contributed by atoms with van der Waals surface area (Å²) in [5, 5.41) is 8.25. The average Bonchev–Trinajstić information content (AvgIpc) is 3.24. The van der Waals surface area contributed by atoms with Crippen LogP contribution in [0.5, 0.6) is 0 Å². The minimum atomic E-state index is -0.258. The SMILES string of the molecule is CCc1cc(=O)[nH]c(-n2nc(C)cc2NC(=O)Cc2c[nH]c3ccccc23)n1. The lowest BCUT2D eigenvalue weighted by Crippen LogP contribution is -2.20. The Morgan fingerprint density at radius 1 is 1.25 bits per heavy atom. The quantitative estimate of drug-likeness (QED) is 0.497. The second-order valence-electron chi connectivity index (χ2n) is 6.58. The molecule has 3 aromatic heterocycles. The topological polar surface area (TPSA) is 108 Å². The van der Waals surface area contributed by atoms with Crippen molar-refractivity contribution in [1.82, 2.24) is 24.7 Å². The van der Waals surface area contributed by atoms with Gasteiger partial charge in [-0.05, 0) is 25.0 Å². The van der Waals surface area contributed by atoms with E-state index >= 15 is 0 Å². The van der Waals surface area contributed by atoms with Crippen LogP contribution in [0.25, 0.3) is 16.9 Å². The Kier molecular flexibility index (Phi) is 4.52. The van der Waals surface area contributed by atoms with Crippen molar-refractivity contribution >= 4 is 22.6 Å². The largest absolute Gasteiger partial charge is 0.361 e. The van der Waals surface area contributed by atoms with E-state index in [0.717, 1.165) is 16.5 Å².